The number of hydrogen-bond acceptors (Lipinski definition) is 7. The monoisotopic (exact) mass is 356 g/mol. The number of nitrogens with one attached hydrogen (secondary N) is 3. The van der Waals surface area contributed by atoms with Crippen LogP contribution in [0.25, 0.3) is 0 Å². The number of non-ortho nitro benzene ring substituents is 1. The summed E-state index contributed by atoms with van der Waals surface area (Å²) in [4.78, 5) is 19.6. The topological polar surface area (TPSA) is 105 Å². The van der Waals surface area contributed by atoms with E-state index in [4.69, 9.17) is 0 Å². The molecule has 1 aliphatic carbocycles. The molecule has 8 nitrogen and oxygen atoms in total. The van der Waals surface area contributed by atoms with E-state index in [0.717, 1.165) is 19.4 Å². The van der Waals surface area contributed by atoms with Crippen molar-refractivity contribution in [2.75, 3.05) is 22.5 Å². The van der Waals surface area contributed by atoms with Crippen LogP contribution >= 0.6 is 0 Å². The maximum atomic E-state index is 11.0. The van der Waals surface area contributed by atoms with E-state index in [1.807, 2.05) is 6.92 Å². The van der Waals surface area contributed by atoms with E-state index in [1.165, 1.54) is 31.4 Å². The highest BCUT2D eigenvalue weighted by molar-refractivity contribution is 5.63. The molecule has 1 aromatic heterocycles. The first kappa shape index (κ1) is 17.9. The summed E-state index contributed by atoms with van der Waals surface area (Å²) in [6.07, 6.45) is 5.99. The number of nitro groups is 1. The Morgan fingerprint density at radius 2 is 1.92 bits per heavy atom. The SMILES string of the molecule is CCNc1cc(Nc2cccc([N+](=O)[O-])c2)nc(NC2CCCCC2)n1. The standard InChI is InChI=1S/C18H24N6O2/c1-2-19-16-12-17(20-14-9-6-10-15(11-14)24(25)26)23-18(22-16)21-13-7-4-3-5-8-13/h6,9-13H,2-5,7-8H2,1H3,(H3,19,20,21,22,23). The van der Waals surface area contributed by atoms with Crippen molar-refractivity contribution in [3.05, 3.63) is 40.4 Å². The minimum Gasteiger partial charge on any atom is -0.370 e. The van der Waals surface area contributed by atoms with E-state index < -0.39 is 4.92 Å². The Morgan fingerprint density at radius 3 is 2.65 bits per heavy atom. The molecule has 8 heteroatoms. The Kier molecular flexibility index (Phi) is 5.83. The normalized spacial score (nSPS) is 14.7. The van der Waals surface area contributed by atoms with E-state index in [2.05, 4.69) is 25.9 Å². The second kappa shape index (κ2) is 8.46. The average molecular weight is 356 g/mol. The number of benzene rings is 1. The molecule has 1 aromatic carbocycles. The fourth-order valence-electron chi connectivity index (χ4n) is 3.12. The van der Waals surface area contributed by atoms with Crippen LogP contribution in [0.5, 0.6) is 0 Å². The summed E-state index contributed by atoms with van der Waals surface area (Å²) < 4.78 is 0. The molecule has 1 heterocycles. The second-order valence-corrected chi connectivity index (χ2v) is 6.40. The largest absolute Gasteiger partial charge is 0.370 e. The zero-order valence-corrected chi connectivity index (χ0v) is 14.9. The minimum absolute atomic E-state index is 0.0384. The van der Waals surface area contributed by atoms with Gasteiger partial charge in [-0.3, -0.25) is 10.1 Å². The van der Waals surface area contributed by atoms with Crippen molar-refractivity contribution in [3.8, 4) is 0 Å². The summed E-state index contributed by atoms with van der Waals surface area (Å²) in [7, 11) is 0. The number of rotatable bonds is 7. The molecule has 1 aliphatic rings. The van der Waals surface area contributed by atoms with Crippen LogP contribution in [0.15, 0.2) is 30.3 Å². The van der Waals surface area contributed by atoms with Gasteiger partial charge in [-0.1, -0.05) is 25.3 Å². The van der Waals surface area contributed by atoms with Crippen LogP contribution in [-0.2, 0) is 0 Å². The van der Waals surface area contributed by atoms with Gasteiger partial charge in [-0.25, -0.2) is 0 Å². The highest BCUT2D eigenvalue weighted by Gasteiger charge is 2.15. The molecule has 0 radical (unpaired) electrons. The van der Waals surface area contributed by atoms with Gasteiger partial charge in [0.05, 0.1) is 4.92 Å². The molecule has 138 valence electrons. The predicted octanol–water partition coefficient (Wildman–Crippen LogP) is 4.30. The molecule has 1 fully saturated rings. The van der Waals surface area contributed by atoms with Gasteiger partial charge in [0.15, 0.2) is 0 Å². The molecule has 2 aromatic rings. The molecule has 0 saturated heterocycles. The maximum Gasteiger partial charge on any atom is 0.271 e. The highest BCUT2D eigenvalue weighted by atomic mass is 16.6. The third kappa shape index (κ3) is 4.81. The Balaban J connectivity index is 1.80. The number of anilines is 4. The molecule has 3 rings (SSSR count). The molecule has 1 saturated carbocycles. The van der Waals surface area contributed by atoms with Crippen LogP contribution in [0, 0.1) is 10.1 Å². The van der Waals surface area contributed by atoms with Crippen molar-refractivity contribution in [3.63, 3.8) is 0 Å². The van der Waals surface area contributed by atoms with Gasteiger partial charge in [0.1, 0.15) is 11.6 Å². The molecule has 0 spiro atoms. The number of aromatic nitrogens is 2. The molecule has 0 bridgehead atoms. The summed E-state index contributed by atoms with van der Waals surface area (Å²) in [5.74, 6) is 1.88. The van der Waals surface area contributed by atoms with Crippen molar-refractivity contribution in [1.29, 1.82) is 0 Å². The van der Waals surface area contributed by atoms with Crippen LogP contribution in [0.1, 0.15) is 39.0 Å². The van der Waals surface area contributed by atoms with Gasteiger partial charge in [0.2, 0.25) is 5.95 Å². The van der Waals surface area contributed by atoms with Crippen molar-refractivity contribution >= 4 is 29.0 Å². The molecule has 0 amide bonds. The first-order chi connectivity index (χ1) is 12.6. The Labute approximate surface area is 152 Å². The van der Waals surface area contributed by atoms with Crippen LogP contribution < -0.4 is 16.0 Å². The van der Waals surface area contributed by atoms with Crippen molar-refractivity contribution in [1.82, 2.24) is 9.97 Å². The fraction of sp³-hybridized carbons (Fsp3) is 0.444. The minimum atomic E-state index is -0.411. The Hall–Kier alpha value is -2.90. The second-order valence-electron chi connectivity index (χ2n) is 6.40. The van der Waals surface area contributed by atoms with Gasteiger partial charge in [-0.15, -0.1) is 0 Å². The maximum absolute atomic E-state index is 11.0. The number of hydrogen-bond donors (Lipinski definition) is 3. The van der Waals surface area contributed by atoms with Crippen molar-refractivity contribution in [2.45, 2.75) is 45.1 Å². The van der Waals surface area contributed by atoms with Gasteiger partial charge >= 0.3 is 0 Å². The van der Waals surface area contributed by atoms with Crippen LogP contribution in [0.2, 0.25) is 0 Å². The quantitative estimate of drug-likeness (QED) is 0.501. The smallest absolute Gasteiger partial charge is 0.271 e. The summed E-state index contributed by atoms with van der Waals surface area (Å²) in [6.45, 7) is 2.75. The Morgan fingerprint density at radius 1 is 1.15 bits per heavy atom. The van der Waals surface area contributed by atoms with E-state index >= 15 is 0 Å². The zero-order chi connectivity index (χ0) is 18.4. The van der Waals surface area contributed by atoms with E-state index in [1.54, 1.807) is 18.2 Å². The van der Waals surface area contributed by atoms with E-state index in [9.17, 15) is 10.1 Å². The lowest BCUT2D eigenvalue weighted by Crippen LogP contribution is -2.23. The van der Waals surface area contributed by atoms with Gasteiger partial charge in [-0.05, 0) is 25.8 Å². The van der Waals surface area contributed by atoms with Crippen molar-refractivity contribution < 1.29 is 4.92 Å². The van der Waals surface area contributed by atoms with Crippen LogP contribution in [0.3, 0.4) is 0 Å². The van der Waals surface area contributed by atoms with Gasteiger partial charge < -0.3 is 16.0 Å². The van der Waals surface area contributed by atoms with Gasteiger partial charge in [0.25, 0.3) is 5.69 Å². The lowest BCUT2D eigenvalue weighted by molar-refractivity contribution is -0.384. The third-order valence-electron chi connectivity index (χ3n) is 4.35. The van der Waals surface area contributed by atoms with Crippen LogP contribution in [-0.4, -0.2) is 27.5 Å². The fourth-order valence-corrected chi connectivity index (χ4v) is 3.12. The molecule has 0 unspecified atom stereocenters. The lowest BCUT2D eigenvalue weighted by Gasteiger charge is -2.23. The lowest BCUT2D eigenvalue weighted by atomic mass is 9.96. The average Bonchev–Trinajstić information content (AvgIpc) is 2.63. The van der Waals surface area contributed by atoms with Gasteiger partial charge in [-0.2, -0.15) is 9.97 Å². The molecule has 3 N–H and O–H groups in total. The summed E-state index contributed by atoms with van der Waals surface area (Å²) in [5, 5.41) is 20.7. The van der Waals surface area contributed by atoms with E-state index in [0.29, 0.717) is 29.3 Å². The third-order valence-corrected chi connectivity index (χ3v) is 4.35. The summed E-state index contributed by atoms with van der Waals surface area (Å²) in [5.41, 5.74) is 0.653. The summed E-state index contributed by atoms with van der Waals surface area (Å²) >= 11 is 0. The highest BCUT2D eigenvalue weighted by Crippen LogP contribution is 2.24. The van der Waals surface area contributed by atoms with Crippen LogP contribution in [0.4, 0.5) is 29.0 Å². The molecule has 0 atom stereocenters. The number of nitrogens with zero attached hydrogens (tertiary/aromatic N) is 3. The van der Waals surface area contributed by atoms with Crippen molar-refractivity contribution in [2.24, 2.45) is 0 Å². The first-order valence-corrected chi connectivity index (χ1v) is 9.05. The predicted molar refractivity (Wildman–Crippen MR) is 103 cm³/mol. The molecular formula is C18H24N6O2. The molecule has 26 heavy (non-hydrogen) atoms. The number of nitro benzene ring substituents is 1. The van der Waals surface area contributed by atoms with Gasteiger partial charge in [0, 0.05) is 36.5 Å². The summed E-state index contributed by atoms with van der Waals surface area (Å²) in [6, 6.07) is 8.57. The molecule has 0 aliphatic heterocycles. The first-order valence-electron chi connectivity index (χ1n) is 9.05. The van der Waals surface area contributed by atoms with E-state index in [-0.39, 0.29) is 5.69 Å². The molecular weight excluding hydrogens is 332 g/mol. The Bertz CT molecular complexity index is 761. The zero-order valence-electron chi connectivity index (χ0n) is 14.9.